The summed E-state index contributed by atoms with van der Waals surface area (Å²) in [5, 5.41) is 0. The molecule has 0 aromatic rings. The summed E-state index contributed by atoms with van der Waals surface area (Å²) in [6.07, 6.45) is 0. The Hall–Kier alpha value is 1.27. The fourth-order valence-corrected chi connectivity index (χ4v) is 0.167. The zero-order valence-corrected chi connectivity index (χ0v) is 7.94. The van der Waals surface area contributed by atoms with E-state index in [2.05, 4.69) is 9.47 Å². The SMILES string of the molecule is COCCOC.[Nd]. The van der Waals surface area contributed by atoms with Crippen LogP contribution in [-0.2, 0) is 9.47 Å². The second-order valence-corrected chi connectivity index (χ2v) is 0.986. The van der Waals surface area contributed by atoms with Crippen molar-refractivity contribution in [2.75, 3.05) is 27.4 Å². The van der Waals surface area contributed by atoms with Crippen LogP contribution >= 0.6 is 0 Å². The standard InChI is InChI=1S/C4H10O2.Nd/c1-5-3-4-6-2;/h3-4H2,1-2H3;. The van der Waals surface area contributed by atoms with Gasteiger partial charge in [0.1, 0.15) is 0 Å². The van der Waals surface area contributed by atoms with E-state index in [-0.39, 0.29) is 40.8 Å². The smallest absolute Gasteiger partial charge is 0.0696 e. The van der Waals surface area contributed by atoms with Crippen LogP contribution in [0, 0.1) is 40.8 Å². The Bertz CT molecular complexity index is 21.7. The van der Waals surface area contributed by atoms with E-state index in [9.17, 15) is 0 Å². The van der Waals surface area contributed by atoms with Crippen LogP contribution < -0.4 is 0 Å². The zero-order chi connectivity index (χ0) is 4.83. The summed E-state index contributed by atoms with van der Waals surface area (Å²) in [7, 11) is 3.30. The molecule has 0 radical (unpaired) electrons. The first-order valence-corrected chi connectivity index (χ1v) is 1.89. The van der Waals surface area contributed by atoms with Crippen LogP contribution in [0.5, 0.6) is 0 Å². The first kappa shape index (κ1) is 11.1. The van der Waals surface area contributed by atoms with E-state index >= 15 is 0 Å². The maximum absolute atomic E-state index is 4.66. The van der Waals surface area contributed by atoms with Gasteiger partial charge in [-0.05, 0) is 0 Å². The Morgan fingerprint density at radius 2 is 1.29 bits per heavy atom. The Kier molecular flexibility index (Phi) is 16.3. The van der Waals surface area contributed by atoms with Crippen LogP contribution in [0.15, 0.2) is 0 Å². The average Bonchev–Trinajstić information content (AvgIpc) is 1.61. The van der Waals surface area contributed by atoms with Gasteiger partial charge in [-0.3, -0.25) is 0 Å². The summed E-state index contributed by atoms with van der Waals surface area (Å²) in [4.78, 5) is 0. The molecule has 2 nitrogen and oxygen atoms in total. The molecular formula is C4H10NdO2. The largest absolute Gasteiger partial charge is 0.382 e. The van der Waals surface area contributed by atoms with Gasteiger partial charge in [-0.25, -0.2) is 0 Å². The maximum atomic E-state index is 4.66. The summed E-state index contributed by atoms with van der Waals surface area (Å²) < 4.78 is 9.31. The molecule has 42 valence electrons. The first-order chi connectivity index (χ1) is 2.91. The molecule has 0 aromatic heterocycles. The Balaban J connectivity index is 0. The van der Waals surface area contributed by atoms with Gasteiger partial charge in [0.2, 0.25) is 0 Å². The van der Waals surface area contributed by atoms with Crippen molar-refractivity contribution in [3.05, 3.63) is 0 Å². The van der Waals surface area contributed by atoms with Crippen molar-refractivity contribution in [2.24, 2.45) is 0 Å². The minimum atomic E-state index is 0. The zero-order valence-electron chi connectivity index (χ0n) is 4.73. The molecule has 0 amide bonds. The van der Waals surface area contributed by atoms with Crippen LogP contribution in [-0.4, -0.2) is 27.4 Å². The van der Waals surface area contributed by atoms with E-state index < -0.39 is 0 Å². The number of methoxy groups -OCH3 is 2. The van der Waals surface area contributed by atoms with Crippen LogP contribution in [0.1, 0.15) is 0 Å². The van der Waals surface area contributed by atoms with Gasteiger partial charge in [-0.1, -0.05) is 0 Å². The molecule has 0 saturated carbocycles. The molecular weight excluding hydrogens is 224 g/mol. The van der Waals surface area contributed by atoms with E-state index in [0.717, 1.165) is 0 Å². The van der Waals surface area contributed by atoms with Crippen molar-refractivity contribution in [3.63, 3.8) is 0 Å². The second-order valence-electron chi connectivity index (χ2n) is 0.986. The van der Waals surface area contributed by atoms with Gasteiger partial charge < -0.3 is 9.47 Å². The summed E-state index contributed by atoms with van der Waals surface area (Å²) in [5.74, 6) is 0. The molecule has 0 spiro atoms. The number of hydrogen-bond acceptors (Lipinski definition) is 2. The molecule has 0 atom stereocenters. The summed E-state index contributed by atoms with van der Waals surface area (Å²) in [6.45, 7) is 1.38. The molecule has 0 saturated heterocycles. The molecule has 0 rings (SSSR count). The van der Waals surface area contributed by atoms with E-state index in [4.69, 9.17) is 0 Å². The molecule has 0 fully saturated rings. The third-order valence-corrected chi connectivity index (χ3v) is 0.492. The van der Waals surface area contributed by atoms with Crippen LogP contribution in [0.2, 0.25) is 0 Å². The van der Waals surface area contributed by atoms with Crippen molar-refractivity contribution in [3.8, 4) is 0 Å². The van der Waals surface area contributed by atoms with Crippen LogP contribution in [0.4, 0.5) is 0 Å². The fourth-order valence-electron chi connectivity index (χ4n) is 0.167. The summed E-state index contributed by atoms with van der Waals surface area (Å²) in [6, 6.07) is 0. The number of hydrogen-bond donors (Lipinski definition) is 0. The predicted octanol–water partition coefficient (Wildman–Crippen LogP) is 0.279. The van der Waals surface area contributed by atoms with Gasteiger partial charge in [0.15, 0.2) is 0 Å². The minimum Gasteiger partial charge on any atom is -0.382 e. The molecule has 0 N–H and O–H groups in total. The van der Waals surface area contributed by atoms with Crippen molar-refractivity contribution in [1.82, 2.24) is 0 Å². The van der Waals surface area contributed by atoms with Crippen molar-refractivity contribution >= 4 is 0 Å². The Morgan fingerprint density at radius 3 is 1.43 bits per heavy atom. The molecule has 0 heterocycles. The third-order valence-electron chi connectivity index (χ3n) is 0.492. The molecule has 0 aliphatic carbocycles. The first-order valence-electron chi connectivity index (χ1n) is 1.89. The van der Waals surface area contributed by atoms with Gasteiger partial charge in [0, 0.05) is 55.1 Å². The number of rotatable bonds is 3. The average molecular weight is 234 g/mol. The van der Waals surface area contributed by atoms with Crippen molar-refractivity contribution in [2.45, 2.75) is 0 Å². The van der Waals surface area contributed by atoms with E-state index in [1.54, 1.807) is 14.2 Å². The molecule has 7 heavy (non-hydrogen) atoms. The molecule has 0 unspecified atom stereocenters. The molecule has 3 heteroatoms. The monoisotopic (exact) mass is 232 g/mol. The minimum absolute atomic E-state index is 0. The molecule has 0 aromatic carbocycles. The van der Waals surface area contributed by atoms with Crippen molar-refractivity contribution < 1.29 is 50.3 Å². The van der Waals surface area contributed by atoms with Gasteiger partial charge in [-0.2, -0.15) is 0 Å². The fraction of sp³-hybridized carbons (Fsp3) is 1.00. The third kappa shape index (κ3) is 11.1. The Morgan fingerprint density at radius 1 is 1.00 bits per heavy atom. The van der Waals surface area contributed by atoms with Crippen LogP contribution in [0.25, 0.3) is 0 Å². The maximum Gasteiger partial charge on any atom is 0.0696 e. The second kappa shape index (κ2) is 10.3. The number of ether oxygens (including phenoxy) is 2. The normalized spacial score (nSPS) is 7.71. The van der Waals surface area contributed by atoms with Gasteiger partial charge >= 0.3 is 0 Å². The molecule has 0 bridgehead atoms. The Labute approximate surface area is 77.1 Å². The summed E-state index contributed by atoms with van der Waals surface area (Å²) in [5.41, 5.74) is 0. The molecule has 0 aliphatic heterocycles. The summed E-state index contributed by atoms with van der Waals surface area (Å²) >= 11 is 0. The quantitative estimate of drug-likeness (QED) is 0.653. The van der Waals surface area contributed by atoms with E-state index in [1.807, 2.05) is 0 Å². The van der Waals surface area contributed by atoms with Gasteiger partial charge in [-0.15, -0.1) is 0 Å². The van der Waals surface area contributed by atoms with Crippen molar-refractivity contribution in [1.29, 1.82) is 0 Å². The van der Waals surface area contributed by atoms with E-state index in [0.29, 0.717) is 13.2 Å². The van der Waals surface area contributed by atoms with E-state index in [1.165, 1.54) is 0 Å². The van der Waals surface area contributed by atoms with Crippen LogP contribution in [0.3, 0.4) is 0 Å². The van der Waals surface area contributed by atoms with Gasteiger partial charge in [0.05, 0.1) is 13.2 Å². The molecule has 0 aliphatic rings. The predicted molar refractivity (Wildman–Crippen MR) is 23.8 cm³/mol. The van der Waals surface area contributed by atoms with Gasteiger partial charge in [0.25, 0.3) is 0 Å². The topological polar surface area (TPSA) is 18.5 Å².